The molecule has 0 atom stereocenters. The molecule has 0 aliphatic carbocycles. The van der Waals surface area contributed by atoms with Gasteiger partial charge >= 0.3 is 0 Å². The summed E-state index contributed by atoms with van der Waals surface area (Å²) in [5.41, 5.74) is 1.35. The van der Waals surface area contributed by atoms with Crippen LogP contribution in [0.2, 0.25) is 10.0 Å². The molecule has 2 amide bonds. The summed E-state index contributed by atoms with van der Waals surface area (Å²) in [5.74, 6) is -0.0276. The number of thiocarbonyl (C=S) groups is 1. The van der Waals surface area contributed by atoms with Crippen LogP contribution in [0, 0.1) is 0 Å². The predicted molar refractivity (Wildman–Crippen MR) is 121 cm³/mol. The molecule has 3 N–H and O–H groups in total. The first-order valence-electron chi connectivity index (χ1n) is 8.98. The highest BCUT2D eigenvalue weighted by Crippen LogP contribution is 2.27. The number of nitrogens with one attached hydrogen (secondary N) is 3. The summed E-state index contributed by atoms with van der Waals surface area (Å²) < 4.78 is 5.35. The van der Waals surface area contributed by atoms with Gasteiger partial charge in [0.2, 0.25) is 5.91 Å². The average Bonchev–Trinajstić information content (AvgIpc) is 2.66. The van der Waals surface area contributed by atoms with Crippen molar-refractivity contribution in [3.63, 3.8) is 0 Å². The van der Waals surface area contributed by atoms with Crippen LogP contribution in [-0.4, -0.2) is 23.5 Å². The molecule has 9 heteroatoms. The lowest BCUT2D eigenvalue weighted by molar-refractivity contribution is -0.116. The highest BCUT2D eigenvalue weighted by Gasteiger charge is 2.12. The number of amides is 2. The average molecular weight is 454 g/mol. The van der Waals surface area contributed by atoms with E-state index >= 15 is 0 Å². The molecular formula is C20H21Cl2N3O3S. The zero-order chi connectivity index (χ0) is 21.4. The lowest BCUT2D eigenvalue weighted by atomic mass is 10.2. The van der Waals surface area contributed by atoms with Crippen molar-refractivity contribution in [2.75, 3.05) is 17.2 Å². The van der Waals surface area contributed by atoms with Crippen LogP contribution in [0.25, 0.3) is 0 Å². The Hall–Kier alpha value is -2.35. The van der Waals surface area contributed by atoms with Crippen LogP contribution < -0.4 is 20.7 Å². The molecule has 2 aromatic carbocycles. The first kappa shape index (κ1) is 22.9. The predicted octanol–water partition coefficient (Wildman–Crippen LogP) is 5.26. The van der Waals surface area contributed by atoms with Gasteiger partial charge in [-0.25, -0.2) is 0 Å². The van der Waals surface area contributed by atoms with Gasteiger partial charge in [-0.15, -0.1) is 0 Å². The van der Waals surface area contributed by atoms with Gasteiger partial charge in [-0.3, -0.25) is 14.9 Å². The summed E-state index contributed by atoms with van der Waals surface area (Å²) in [4.78, 5) is 24.2. The molecule has 0 heterocycles. The third-order valence-corrected chi connectivity index (χ3v) is 4.53. The van der Waals surface area contributed by atoms with Crippen LogP contribution in [0.3, 0.4) is 0 Å². The monoisotopic (exact) mass is 453 g/mol. The topological polar surface area (TPSA) is 79.5 Å². The van der Waals surface area contributed by atoms with Crippen molar-refractivity contribution in [3.8, 4) is 5.75 Å². The molecule has 154 valence electrons. The SMILES string of the molecule is CCCC(=O)Nc1ccc(Cl)c(NC(=S)NC(=O)c2ccc(OCC)c(Cl)c2)c1. The third kappa shape index (κ3) is 6.88. The number of halogens is 2. The summed E-state index contributed by atoms with van der Waals surface area (Å²) in [6.45, 7) is 4.24. The van der Waals surface area contributed by atoms with Crippen molar-refractivity contribution in [1.82, 2.24) is 5.32 Å². The molecule has 0 radical (unpaired) electrons. The molecule has 0 aromatic heterocycles. The number of benzene rings is 2. The lowest BCUT2D eigenvalue weighted by Crippen LogP contribution is -2.34. The number of anilines is 2. The molecule has 0 aliphatic rings. The van der Waals surface area contributed by atoms with E-state index in [4.69, 9.17) is 40.2 Å². The summed E-state index contributed by atoms with van der Waals surface area (Å²) in [6, 6.07) is 9.67. The Balaban J connectivity index is 2.04. The number of hydrogen-bond acceptors (Lipinski definition) is 4. The third-order valence-electron chi connectivity index (χ3n) is 3.70. The molecule has 0 aliphatic heterocycles. The van der Waals surface area contributed by atoms with Gasteiger partial charge in [-0.2, -0.15) is 0 Å². The van der Waals surface area contributed by atoms with Gasteiger partial charge in [0.25, 0.3) is 5.91 Å². The zero-order valence-electron chi connectivity index (χ0n) is 16.0. The Labute approximate surface area is 184 Å². The van der Waals surface area contributed by atoms with Crippen molar-refractivity contribution in [2.24, 2.45) is 0 Å². The maximum atomic E-state index is 12.4. The molecule has 29 heavy (non-hydrogen) atoms. The first-order chi connectivity index (χ1) is 13.8. The van der Waals surface area contributed by atoms with E-state index in [-0.39, 0.29) is 11.0 Å². The van der Waals surface area contributed by atoms with Gasteiger partial charge in [0.15, 0.2) is 5.11 Å². The van der Waals surface area contributed by atoms with Crippen molar-refractivity contribution in [2.45, 2.75) is 26.7 Å². The lowest BCUT2D eigenvalue weighted by Gasteiger charge is -2.13. The Morgan fingerprint density at radius 2 is 1.79 bits per heavy atom. The molecule has 2 rings (SSSR count). The molecule has 2 aromatic rings. The normalized spacial score (nSPS) is 10.2. The van der Waals surface area contributed by atoms with E-state index in [2.05, 4.69) is 16.0 Å². The summed E-state index contributed by atoms with van der Waals surface area (Å²) in [5, 5.41) is 8.98. The van der Waals surface area contributed by atoms with Crippen LogP contribution in [0.15, 0.2) is 36.4 Å². The van der Waals surface area contributed by atoms with Crippen molar-refractivity contribution >= 4 is 63.7 Å². The van der Waals surface area contributed by atoms with Crippen LogP contribution in [0.1, 0.15) is 37.0 Å². The smallest absolute Gasteiger partial charge is 0.257 e. The number of ether oxygens (including phenoxy) is 1. The maximum absolute atomic E-state index is 12.4. The Bertz CT molecular complexity index is 922. The van der Waals surface area contributed by atoms with E-state index in [9.17, 15) is 9.59 Å². The van der Waals surface area contributed by atoms with Crippen LogP contribution >= 0.6 is 35.4 Å². The number of rotatable bonds is 7. The highest BCUT2D eigenvalue weighted by atomic mass is 35.5. The van der Waals surface area contributed by atoms with Gasteiger partial charge in [0.1, 0.15) is 5.75 Å². The fraction of sp³-hybridized carbons (Fsp3) is 0.250. The number of hydrogen-bond donors (Lipinski definition) is 3. The van der Waals surface area contributed by atoms with E-state index < -0.39 is 5.91 Å². The molecule has 0 fully saturated rings. The van der Waals surface area contributed by atoms with E-state index in [0.29, 0.717) is 45.8 Å². The van der Waals surface area contributed by atoms with Gasteiger partial charge in [-0.05, 0) is 62.0 Å². The van der Waals surface area contributed by atoms with Gasteiger partial charge in [-0.1, -0.05) is 30.1 Å². The van der Waals surface area contributed by atoms with Gasteiger partial charge < -0.3 is 15.4 Å². The molecule has 6 nitrogen and oxygen atoms in total. The van der Waals surface area contributed by atoms with Crippen molar-refractivity contribution in [1.29, 1.82) is 0 Å². The largest absolute Gasteiger partial charge is 0.492 e. The number of carbonyl (C=O) groups is 2. The molecule has 0 saturated carbocycles. The second-order valence-electron chi connectivity index (χ2n) is 5.98. The maximum Gasteiger partial charge on any atom is 0.257 e. The molecule has 0 bridgehead atoms. The summed E-state index contributed by atoms with van der Waals surface area (Å²) in [7, 11) is 0. The second kappa shape index (κ2) is 11.0. The van der Waals surface area contributed by atoms with E-state index in [1.165, 1.54) is 6.07 Å². The Morgan fingerprint density at radius 3 is 2.45 bits per heavy atom. The van der Waals surface area contributed by atoms with Crippen molar-refractivity contribution < 1.29 is 14.3 Å². The van der Waals surface area contributed by atoms with E-state index in [1.807, 2.05) is 13.8 Å². The standard InChI is InChI=1S/C20H21Cl2N3O3S/c1-3-5-18(26)23-13-7-8-14(21)16(11-13)24-20(29)25-19(27)12-6-9-17(28-4-2)15(22)10-12/h6-11H,3-5H2,1-2H3,(H,23,26)(H2,24,25,27,29). The van der Waals surface area contributed by atoms with Crippen LogP contribution in [0.4, 0.5) is 11.4 Å². The minimum absolute atomic E-state index is 0.0546. The summed E-state index contributed by atoms with van der Waals surface area (Å²) in [6.07, 6.45) is 1.17. The zero-order valence-corrected chi connectivity index (χ0v) is 18.3. The van der Waals surface area contributed by atoms with Gasteiger partial charge in [0.05, 0.1) is 22.3 Å². The van der Waals surface area contributed by atoms with Crippen LogP contribution in [0.5, 0.6) is 5.75 Å². The van der Waals surface area contributed by atoms with Crippen LogP contribution in [-0.2, 0) is 4.79 Å². The molecular weight excluding hydrogens is 433 g/mol. The minimum atomic E-state index is -0.434. The quantitative estimate of drug-likeness (QED) is 0.498. The minimum Gasteiger partial charge on any atom is -0.492 e. The highest BCUT2D eigenvalue weighted by molar-refractivity contribution is 7.80. The fourth-order valence-electron chi connectivity index (χ4n) is 2.39. The van der Waals surface area contributed by atoms with E-state index in [0.717, 1.165) is 6.42 Å². The first-order valence-corrected chi connectivity index (χ1v) is 10.1. The molecule has 0 spiro atoms. The molecule has 0 saturated heterocycles. The Morgan fingerprint density at radius 1 is 1.03 bits per heavy atom. The fourth-order valence-corrected chi connectivity index (χ4v) is 3.00. The Kier molecular flexibility index (Phi) is 8.70. The van der Waals surface area contributed by atoms with Crippen molar-refractivity contribution in [3.05, 3.63) is 52.0 Å². The van der Waals surface area contributed by atoms with E-state index in [1.54, 1.807) is 30.3 Å². The molecule has 0 unspecified atom stereocenters. The number of carbonyl (C=O) groups excluding carboxylic acids is 2. The van der Waals surface area contributed by atoms with Gasteiger partial charge in [0, 0.05) is 17.7 Å². The summed E-state index contributed by atoms with van der Waals surface area (Å²) >= 11 is 17.5. The second-order valence-corrected chi connectivity index (χ2v) is 7.20.